The van der Waals surface area contributed by atoms with E-state index >= 15 is 0 Å². The first-order valence-electron chi connectivity index (χ1n) is 7.16. The molecule has 1 rings (SSSR count). The minimum absolute atomic E-state index is 0.118. The Morgan fingerprint density at radius 2 is 2.14 bits per heavy atom. The Hall–Kier alpha value is -1.89. The Labute approximate surface area is 124 Å². The number of carboxylic acid groups (broad SMARTS) is 1. The molecule has 0 aromatic carbocycles. The fourth-order valence-corrected chi connectivity index (χ4v) is 2.01. The van der Waals surface area contributed by atoms with Crippen LogP contribution in [0.4, 0.5) is 0 Å². The Morgan fingerprint density at radius 3 is 2.67 bits per heavy atom. The summed E-state index contributed by atoms with van der Waals surface area (Å²) < 4.78 is 0. The van der Waals surface area contributed by atoms with Gasteiger partial charge in [-0.3, -0.25) is 4.79 Å². The normalized spacial score (nSPS) is 15.2. The lowest BCUT2D eigenvalue weighted by Crippen LogP contribution is -2.44. The van der Waals surface area contributed by atoms with Gasteiger partial charge in [-0.1, -0.05) is 13.3 Å². The van der Waals surface area contributed by atoms with Gasteiger partial charge in [0.05, 0.1) is 6.33 Å². The Bertz CT molecular complexity index is 445. The number of hydrogen-bond donors (Lipinski definition) is 4. The highest BCUT2D eigenvalue weighted by Gasteiger charge is 2.23. The zero-order chi connectivity index (χ0) is 15.8. The predicted molar refractivity (Wildman–Crippen MR) is 78.5 cm³/mol. The highest BCUT2D eigenvalue weighted by Crippen LogP contribution is 2.10. The van der Waals surface area contributed by atoms with Crippen LogP contribution in [0, 0.1) is 5.92 Å². The molecule has 1 aromatic rings. The van der Waals surface area contributed by atoms with Crippen LogP contribution in [-0.4, -0.2) is 39.0 Å². The summed E-state index contributed by atoms with van der Waals surface area (Å²) >= 11 is 0. The van der Waals surface area contributed by atoms with Crippen LogP contribution in [-0.2, 0) is 16.0 Å². The lowest BCUT2D eigenvalue weighted by atomic mass is 10.0. The molecule has 5 N–H and O–H groups in total. The highest BCUT2D eigenvalue weighted by molar-refractivity contribution is 5.84. The molecular formula is C14H24N4O3. The summed E-state index contributed by atoms with van der Waals surface area (Å²) in [4.78, 5) is 29.9. The quantitative estimate of drug-likeness (QED) is 0.534. The van der Waals surface area contributed by atoms with E-state index < -0.39 is 12.0 Å². The van der Waals surface area contributed by atoms with Crippen LogP contribution >= 0.6 is 0 Å². The zero-order valence-electron chi connectivity index (χ0n) is 12.5. The van der Waals surface area contributed by atoms with E-state index in [9.17, 15) is 14.7 Å². The molecule has 1 heterocycles. The van der Waals surface area contributed by atoms with Gasteiger partial charge >= 0.3 is 5.97 Å². The molecule has 0 aliphatic rings. The second kappa shape index (κ2) is 8.41. The number of aromatic nitrogens is 2. The Morgan fingerprint density at radius 1 is 1.43 bits per heavy atom. The lowest BCUT2D eigenvalue weighted by Gasteiger charge is -2.17. The van der Waals surface area contributed by atoms with Crippen molar-refractivity contribution in [3.8, 4) is 0 Å². The van der Waals surface area contributed by atoms with Gasteiger partial charge in [0.15, 0.2) is 0 Å². The number of H-pyrrole nitrogens is 1. The van der Waals surface area contributed by atoms with Gasteiger partial charge < -0.3 is 21.1 Å². The van der Waals surface area contributed by atoms with Crippen LogP contribution in [0.3, 0.4) is 0 Å². The van der Waals surface area contributed by atoms with E-state index in [1.165, 1.54) is 6.33 Å². The van der Waals surface area contributed by atoms with Gasteiger partial charge in [0.2, 0.25) is 5.91 Å². The number of carbonyl (C=O) groups excluding carboxylic acids is 1. The second-order valence-corrected chi connectivity index (χ2v) is 5.49. The number of aliphatic carboxylic acids is 1. The van der Waals surface area contributed by atoms with E-state index in [0.29, 0.717) is 12.1 Å². The fourth-order valence-electron chi connectivity index (χ4n) is 2.01. The summed E-state index contributed by atoms with van der Waals surface area (Å²) in [5, 5.41) is 11.8. The average Bonchev–Trinajstić information content (AvgIpc) is 2.90. The molecule has 0 saturated heterocycles. The molecule has 1 amide bonds. The first kappa shape index (κ1) is 17.2. The maximum absolute atomic E-state index is 12.0. The first-order valence-corrected chi connectivity index (χ1v) is 7.16. The first-order chi connectivity index (χ1) is 9.90. The number of carbonyl (C=O) groups is 2. The molecule has 0 aliphatic heterocycles. The SMILES string of the molecule is CC(N)CCCC(C)C(=O)N[C@@H](Cc1cnc[nH]1)C(=O)O. The molecule has 0 radical (unpaired) electrons. The molecule has 0 fully saturated rings. The van der Waals surface area contributed by atoms with Crippen molar-refractivity contribution in [2.45, 2.75) is 51.6 Å². The minimum Gasteiger partial charge on any atom is -0.480 e. The molecule has 0 aliphatic carbocycles. The number of aromatic amines is 1. The third-order valence-electron chi connectivity index (χ3n) is 3.34. The predicted octanol–water partition coefficient (Wildman–Crippen LogP) is 0.675. The number of hydrogen-bond acceptors (Lipinski definition) is 4. The van der Waals surface area contributed by atoms with Crippen molar-refractivity contribution >= 4 is 11.9 Å². The molecule has 2 unspecified atom stereocenters. The van der Waals surface area contributed by atoms with Gasteiger partial charge in [-0.25, -0.2) is 9.78 Å². The molecule has 3 atom stereocenters. The number of amides is 1. The average molecular weight is 296 g/mol. The minimum atomic E-state index is -1.05. The van der Waals surface area contributed by atoms with Crippen LogP contribution in [0.5, 0.6) is 0 Å². The largest absolute Gasteiger partial charge is 0.480 e. The summed E-state index contributed by atoms with van der Waals surface area (Å²) in [6.45, 7) is 3.72. The smallest absolute Gasteiger partial charge is 0.326 e. The van der Waals surface area contributed by atoms with Crippen molar-refractivity contribution in [3.05, 3.63) is 18.2 Å². The van der Waals surface area contributed by atoms with E-state index in [0.717, 1.165) is 12.8 Å². The van der Waals surface area contributed by atoms with Crippen LogP contribution in [0.2, 0.25) is 0 Å². The van der Waals surface area contributed by atoms with Crippen LogP contribution < -0.4 is 11.1 Å². The van der Waals surface area contributed by atoms with Gasteiger partial charge in [0.1, 0.15) is 6.04 Å². The van der Waals surface area contributed by atoms with Crippen LogP contribution in [0.25, 0.3) is 0 Å². The van der Waals surface area contributed by atoms with E-state index in [-0.39, 0.29) is 24.3 Å². The second-order valence-electron chi connectivity index (χ2n) is 5.49. The number of nitrogens with zero attached hydrogens (tertiary/aromatic N) is 1. The van der Waals surface area contributed by atoms with Gasteiger partial charge in [-0.15, -0.1) is 0 Å². The highest BCUT2D eigenvalue weighted by atomic mass is 16.4. The fraction of sp³-hybridized carbons (Fsp3) is 0.643. The number of imidazole rings is 1. The third kappa shape index (κ3) is 6.40. The van der Waals surface area contributed by atoms with Crippen LogP contribution in [0.1, 0.15) is 38.8 Å². The molecule has 118 valence electrons. The molecular weight excluding hydrogens is 272 g/mol. The van der Waals surface area contributed by atoms with Crippen molar-refractivity contribution in [2.75, 3.05) is 0 Å². The molecule has 21 heavy (non-hydrogen) atoms. The third-order valence-corrected chi connectivity index (χ3v) is 3.34. The maximum Gasteiger partial charge on any atom is 0.326 e. The Kier molecular flexibility index (Phi) is 6.87. The van der Waals surface area contributed by atoms with E-state index in [1.54, 1.807) is 13.1 Å². The number of nitrogens with one attached hydrogen (secondary N) is 2. The van der Waals surface area contributed by atoms with Gasteiger partial charge in [-0.05, 0) is 19.8 Å². The van der Waals surface area contributed by atoms with Crippen molar-refractivity contribution in [1.82, 2.24) is 15.3 Å². The summed E-state index contributed by atoms with van der Waals surface area (Å²) in [7, 11) is 0. The standard InChI is InChI=1S/C14H24N4O3/c1-9(4-3-5-10(2)15)13(19)18-12(14(20)21)6-11-7-16-8-17-11/h7-10,12H,3-6,15H2,1-2H3,(H,16,17)(H,18,19)(H,20,21)/t9?,10?,12-/m0/s1. The molecule has 1 aromatic heterocycles. The maximum atomic E-state index is 12.0. The van der Waals surface area contributed by atoms with Crippen molar-refractivity contribution in [2.24, 2.45) is 11.7 Å². The number of rotatable bonds is 9. The van der Waals surface area contributed by atoms with Gasteiger partial charge in [-0.2, -0.15) is 0 Å². The van der Waals surface area contributed by atoms with Crippen LogP contribution in [0.15, 0.2) is 12.5 Å². The summed E-state index contributed by atoms with van der Waals surface area (Å²) in [6.07, 6.45) is 5.62. The monoisotopic (exact) mass is 296 g/mol. The van der Waals surface area contributed by atoms with Crippen molar-refractivity contribution in [1.29, 1.82) is 0 Å². The number of nitrogens with two attached hydrogens (primary N) is 1. The van der Waals surface area contributed by atoms with E-state index in [1.807, 2.05) is 6.92 Å². The Balaban J connectivity index is 2.46. The lowest BCUT2D eigenvalue weighted by molar-refractivity contribution is -0.142. The molecule has 0 saturated carbocycles. The van der Waals surface area contributed by atoms with Crippen molar-refractivity contribution in [3.63, 3.8) is 0 Å². The molecule has 0 spiro atoms. The van der Waals surface area contributed by atoms with Gasteiger partial charge in [0.25, 0.3) is 0 Å². The number of carboxylic acids is 1. The summed E-state index contributed by atoms with van der Waals surface area (Å²) in [6, 6.07) is -0.832. The van der Waals surface area contributed by atoms with E-state index in [4.69, 9.17) is 5.73 Å². The topological polar surface area (TPSA) is 121 Å². The molecule has 0 bridgehead atoms. The van der Waals surface area contributed by atoms with E-state index in [2.05, 4.69) is 15.3 Å². The summed E-state index contributed by atoms with van der Waals surface area (Å²) in [5.74, 6) is -1.53. The zero-order valence-corrected chi connectivity index (χ0v) is 12.5. The molecule has 7 nitrogen and oxygen atoms in total. The van der Waals surface area contributed by atoms with Crippen molar-refractivity contribution < 1.29 is 14.7 Å². The van der Waals surface area contributed by atoms with Gasteiger partial charge in [0, 0.05) is 30.3 Å². The molecule has 7 heteroatoms. The summed E-state index contributed by atoms with van der Waals surface area (Å²) in [5.41, 5.74) is 6.34.